The fourth-order valence-corrected chi connectivity index (χ4v) is 3.09. The smallest absolute Gasteiger partial charge is 0.355 e. The predicted octanol–water partition coefficient (Wildman–Crippen LogP) is 2.14. The van der Waals surface area contributed by atoms with Crippen LogP contribution in [0.4, 0.5) is 10.3 Å². The van der Waals surface area contributed by atoms with Crippen molar-refractivity contribution in [1.82, 2.24) is 20.2 Å². The number of aromatic nitrogens is 4. The van der Waals surface area contributed by atoms with E-state index < -0.39 is 23.6 Å². The number of methoxy groups -OCH3 is 1. The summed E-state index contributed by atoms with van der Waals surface area (Å²) in [4.78, 5) is 25.8. The van der Waals surface area contributed by atoms with Crippen molar-refractivity contribution in [3.63, 3.8) is 0 Å². The molecule has 3 aromatic rings. The molecular formula is C19H14FN5O3. The number of fused-ring (bicyclic) bond motifs is 1. The van der Waals surface area contributed by atoms with Crippen LogP contribution in [-0.2, 0) is 9.53 Å². The van der Waals surface area contributed by atoms with Crippen molar-refractivity contribution in [1.29, 1.82) is 0 Å². The molecule has 2 heterocycles. The van der Waals surface area contributed by atoms with Crippen LogP contribution in [0.5, 0.6) is 0 Å². The Morgan fingerprint density at radius 2 is 1.82 bits per heavy atom. The Kier molecular flexibility index (Phi) is 4.40. The van der Waals surface area contributed by atoms with Crippen LogP contribution in [-0.4, -0.2) is 39.1 Å². The van der Waals surface area contributed by atoms with E-state index in [1.54, 1.807) is 24.3 Å². The first kappa shape index (κ1) is 17.5. The molecule has 28 heavy (non-hydrogen) atoms. The molecule has 0 aliphatic carbocycles. The molecule has 140 valence electrons. The quantitative estimate of drug-likeness (QED) is 0.548. The molecule has 1 N–H and O–H groups in total. The molecule has 0 bridgehead atoms. The number of allylic oxidation sites excluding steroid dienone is 1. The fraction of sp³-hybridized carbons (Fsp3) is 0.105. The molecule has 1 atom stereocenters. The number of halogens is 1. The van der Waals surface area contributed by atoms with Crippen LogP contribution in [0.15, 0.2) is 65.9 Å². The highest BCUT2D eigenvalue weighted by Crippen LogP contribution is 2.36. The van der Waals surface area contributed by atoms with Crippen molar-refractivity contribution in [3.05, 3.63) is 82.8 Å². The molecule has 0 saturated heterocycles. The topological polar surface area (TPSA) is 99.0 Å². The number of nitrogens with one attached hydrogen (secondary N) is 1. The first-order valence-electron chi connectivity index (χ1n) is 8.32. The normalized spacial score (nSPS) is 15.6. The Morgan fingerprint density at radius 3 is 2.50 bits per heavy atom. The Bertz CT molecular complexity index is 1080. The van der Waals surface area contributed by atoms with Crippen LogP contribution in [0.3, 0.4) is 0 Å². The van der Waals surface area contributed by atoms with Gasteiger partial charge in [-0.25, -0.2) is 9.18 Å². The number of hydrogen-bond acceptors (Lipinski definition) is 7. The summed E-state index contributed by atoms with van der Waals surface area (Å²) < 4.78 is 19.6. The van der Waals surface area contributed by atoms with Crippen molar-refractivity contribution in [2.24, 2.45) is 0 Å². The molecule has 0 saturated carbocycles. The summed E-state index contributed by atoms with van der Waals surface area (Å²) >= 11 is 0. The van der Waals surface area contributed by atoms with Crippen molar-refractivity contribution in [2.75, 3.05) is 12.4 Å². The van der Waals surface area contributed by atoms with Crippen LogP contribution in [0.2, 0.25) is 0 Å². The minimum Gasteiger partial charge on any atom is -0.464 e. The maximum Gasteiger partial charge on any atom is 0.355 e. The minimum atomic E-state index is -0.765. The molecule has 8 nitrogen and oxygen atoms in total. The van der Waals surface area contributed by atoms with Gasteiger partial charge in [0.15, 0.2) is 5.78 Å². The van der Waals surface area contributed by atoms with Crippen LogP contribution < -0.4 is 5.32 Å². The second kappa shape index (κ2) is 7.03. The van der Waals surface area contributed by atoms with E-state index in [1.807, 2.05) is 6.07 Å². The van der Waals surface area contributed by atoms with Gasteiger partial charge in [-0.1, -0.05) is 35.4 Å². The summed E-state index contributed by atoms with van der Waals surface area (Å²) in [6, 6.07) is 13.4. The minimum absolute atomic E-state index is 0.0621. The lowest BCUT2D eigenvalue weighted by Crippen LogP contribution is -2.32. The second-order valence-corrected chi connectivity index (χ2v) is 6.00. The maximum absolute atomic E-state index is 13.3. The number of hydrogen-bond donors (Lipinski definition) is 1. The monoisotopic (exact) mass is 379 g/mol. The van der Waals surface area contributed by atoms with E-state index in [4.69, 9.17) is 4.74 Å². The number of Topliss-reactive ketones (excluding diaryl/α,β-unsaturated/α-hetero) is 1. The largest absolute Gasteiger partial charge is 0.464 e. The van der Waals surface area contributed by atoms with E-state index in [9.17, 15) is 14.0 Å². The van der Waals surface area contributed by atoms with Crippen LogP contribution >= 0.6 is 0 Å². The summed E-state index contributed by atoms with van der Waals surface area (Å²) in [6.07, 6.45) is 0. The predicted molar refractivity (Wildman–Crippen MR) is 95.8 cm³/mol. The SMILES string of the molecule is COC(=O)C1=C(C(=O)c2ccc(F)cc2)C(c2ccccc2)n2nnnc2N1. The van der Waals surface area contributed by atoms with Gasteiger partial charge < -0.3 is 10.1 Å². The second-order valence-electron chi connectivity index (χ2n) is 6.00. The number of ether oxygens (including phenoxy) is 1. The standard InChI is InChI=1S/C19H14FN5O3/c1-28-18(27)15-14(17(26)12-7-9-13(20)10-8-12)16(11-5-3-2-4-6-11)25-19(21-15)22-23-24-25/h2-10,16H,1H3,(H,21,22,24). The number of esters is 1. The zero-order valence-corrected chi connectivity index (χ0v) is 14.7. The number of tetrazole rings is 1. The van der Waals surface area contributed by atoms with E-state index >= 15 is 0 Å². The number of ketones is 1. The van der Waals surface area contributed by atoms with Crippen LogP contribution in [0, 0.1) is 5.82 Å². The highest BCUT2D eigenvalue weighted by molar-refractivity contribution is 6.14. The number of carbonyl (C=O) groups is 2. The lowest BCUT2D eigenvalue weighted by Gasteiger charge is -2.28. The zero-order chi connectivity index (χ0) is 19.7. The van der Waals surface area contributed by atoms with Gasteiger partial charge in [-0.05, 0) is 40.3 Å². The Balaban J connectivity index is 1.94. The number of carbonyl (C=O) groups excluding carboxylic acids is 2. The maximum atomic E-state index is 13.3. The van der Waals surface area contributed by atoms with E-state index in [1.165, 1.54) is 36.1 Å². The highest BCUT2D eigenvalue weighted by atomic mass is 19.1. The van der Waals surface area contributed by atoms with E-state index in [0.29, 0.717) is 5.56 Å². The average Bonchev–Trinajstić information content (AvgIpc) is 3.21. The number of rotatable bonds is 4. The Morgan fingerprint density at radius 1 is 1.11 bits per heavy atom. The molecule has 1 unspecified atom stereocenters. The van der Waals surface area contributed by atoms with Gasteiger partial charge in [0.1, 0.15) is 17.6 Å². The van der Waals surface area contributed by atoms with Gasteiger partial charge in [-0.15, -0.1) is 0 Å². The third-order valence-electron chi connectivity index (χ3n) is 4.37. The van der Waals surface area contributed by atoms with Gasteiger partial charge in [0.2, 0.25) is 5.95 Å². The van der Waals surface area contributed by atoms with Gasteiger partial charge in [0.05, 0.1) is 12.7 Å². The summed E-state index contributed by atoms with van der Waals surface area (Å²) in [5, 5.41) is 14.2. The third-order valence-corrected chi connectivity index (χ3v) is 4.37. The fourth-order valence-electron chi connectivity index (χ4n) is 3.09. The summed E-state index contributed by atoms with van der Waals surface area (Å²) in [7, 11) is 1.21. The van der Waals surface area contributed by atoms with Crippen LogP contribution in [0.1, 0.15) is 22.0 Å². The summed E-state index contributed by atoms with van der Waals surface area (Å²) in [6.45, 7) is 0. The van der Waals surface area contributed by atoms with Gasteiger partial charge in [0, 0.05) is 5.56 Å². The lowest BCUT2D eigenvalue weighted by molar-refractivity contribution is -0.136. The molecular weight excluding hydrogens is 365 g/mol. The molecule has 0 amide bonds. The number of anilines is 1. The average molecular weight is 379 g/mol. The number of nitrogens with zero attached hydrogens (tertiary/aromatic N) is 4. The first-order valence-corrected chi connectivity index (χ1v) is 8.32. The van der Waals surface area contributed by atoms with E-state index in [-0.39, 0.29) is 22.8 Å². The Hall–Kier alpha value is -3.88. The summed E-state index contributed by atoms with van der Waals surface area (Å²) in [5.74, 6) is -1.48. The summed E-state index contributed by atoms with van der Waals surface area (Å²) in [5.41, 5.74) is 0.957. The molecule has 1 aliphatic rings. The molecule has 9 heteroatoms. The van der Waals surface area contributed by atoms with E-state index in [0.717, 1.165) is 0 Å². The molecule has 1 aromatic heterocycles. The first-order chi connectivity index (χ1) is 13.6. The van der Waals surface area contributed by atoms with Gasteiger partial charge in [0.25, 0.3) is 0 Å². The third kappa shape index (κ3) is 2.92. The van der Waals surface area contributed by atoms with Crippen LogP contribution in [0.25, 0.3) is 0 Å². The van der Waals surface area contributed by atoms with Gasteiger partial charge >= 0.3 is 5.97 Å². The van der Waals surface area contributed by atoms with Crippen molar-refractivity contribution in [3.8, 4) is 0 Å². The Labute approximate surface area is 158 Å². The van der Waals surface area contributed by atoms with Gasteiger partial charge in [-0.2, -0.15) is 4.68 Å². The van der Waals surface area contributed by atoms with Crippen molar-refractivity contribution >= 4 is 17.7 Å². The van der Waals surface area contributed by atoms with Crippen molar-refractivity contribution < 1.29 is 18.7 Å². The molecule has 4 rings (SSSR count). The lowest BCUT2D eigenvalue weighted by atomic mass is 9.89. The van der Waals surface area contributed by atoms with Gasteiger partial charge in [-0.3, -0.25) is 4.79 Å². The van der Waals surface area contributed by atoms with E-state index in [2.05, 4.69) is 20.8 Å². The molecule has 0 fully saturated rings. The van der Waals surface area contributed by atoms with Crippen molar-refractivity contribution in [2.45, 2.75) is 6.04 Å². The highest BCUT2D eigenvalue weighted by Gasteiger charge is 2.38. The molecule has 0 radical (unpaired) electrons. The molecule has 0 spiro atoms. The molecule has 2 aromatic carbocycles. The molecule has 1 aliphatic heterocycles. The number of benzene rings is 2. The zero-order valence-electron chi connectivity index (χ0n) is 14.7.